The van der Waals surface area contributed by atoms with Crippen molar-refractivity contribution in [3.05, 3.63) is 18.1 Å². The van der Waals surface area contributed by atoms with Crippen molar-refractivity contribution >= 4 is 5.82 Å². The van der Waals surface area contributed by atoms with Crippen LogP contribution in [0.2, 0.25) is 0 Å². The van der Waals surface area contributed by atoms with E-state index in [9.17, 15) is 0 Å². The molecule has 1 heterocycles. The quantitative estimate of drug-likeness (QED) is 0.737. The average molecular weight is 236 g/mol. The Kier molecular flexibility index (Phi) is 5.91. The molecule has 1 atom stereocenters. The lowest BCUT2D eigenvalue weighted by Crippen LogP contribution is -2.29. The van der Waals surface area contributed by atoms with Crippen molar-refractivity contribution in [3.63, 3.8) is 0 Å². The zero-order chi connectivity index (χ0) is 12.7. The minimum Gasteiger partial charge on any atom is -0.356 e. The molecule has 0 bridgehead atoms. The Morgan fingerprint density at radius 1 is 1.29 bits per heavy atom. The van der Waals surface area contributed by atoms with E-state index in [-0.39, 0.29) is 0 Å². The van der Waals surface area contributed by atoms with Crippen LogP contribution in [0.25, 0.3) is 0 Å². The minimum atomic E-state index is 0.494. The van der Waals surface area contributed by atoms with Crippen LogP contribution in [0, 0.1) is 0 Å². The first-order chi connectivity index (χ1) is 8.19. The highest BCUT2D eigenvalue weighted by Gasteiger charge is 2.09. The maximum absolute atomic E-state index is 4.45. The van der Waals surface area contributed by atoms with E-state index in [1.807, 2.05) is 12.4 Å². The second kappa shape index (κ2) is 7.22. The van der Waals surface area contributed by atoms with E-state index in [1.54, 1.807) is 0 Å². The van der Waals surface area contributed by atoms with Gasteiger partial charge in [-0.1, -0.05) is 13.8 Å². The van der Waals surface area contributed by atoms with E-state index in [4.69, 9.17) is 0 Å². The van der Waals surface area contributed by atoms with Crippen LogP contribution in [0.15, 0.2) is 12.4 Å². The van der Waals surface area contributed by atoms with E-state index in [0.717, 1.165) is 37.4 Å². The summed E-state index contributed by atoms with van der Waals surface area (Å²) in [6, 6.07) is 0.494. The lowest BCUT2D eigenvalue weighted by Gasteiger charge is -2.24. The molecule has 17 heavy (non-hydrogen) atoms. The van der Waals surface area contributed by atoms with Gasteiger partial charge in [0.15, 0.2) is 0 Å². The monoisotopic (exact) mass is 236 g/mol. The lowest BCUT2D eigenvalue weighted by atomic mass is 10.2. The number of nitrogens with zero attached hydrogens (tertiary/aromatic N) is 3. The zero-order valence-electron chi connectivity index (χ0n) is 11.4. The summed E-state index contributed by atoms with van der Waals surface area (Å²) in [6.45, 7) is 8.35. The molecule has 1 aromatic rings. The first kappa shape index (κ1) is 13.9. The van der Waals surface area contributed by atoms with Crippen LogP contribution < -0.4 is 10.2 Å². The Hall–Kier alpha value is -1.16. The smallest absolute Gasteiger partial charge is 0.147 e. The molecule has 96 valence electrons. The molecule has 4 nitrogen and oxygen atoms in total. The van der Waals surface area contributed by atoms with Gasteiger partial charge in [-0.25, -0.2) is 4.98 Å². The average Bonchev–Trinajstić information content (AvgIpc) is 2.38. The number of nitrogens with one attached hydrogen (secondary N) is 1. The van der Waals surface area contributed by atoms with Gasteiger partial charge in [0.1, 0.15) is 5.82 Å². The predicted octanol–water partition coefficient (Wildman–Crippen LogP) is 2.21. The summed E-state index contributed by atoms with van der Waals surface area (Å²) >= 11 is 0. The van der Waals surface area contributed by atoms with Crippen LogP contribution in [0.4, 0.5) is 5.82 Å². The molecule has 1 unspecified atom stereocenters. The van der Waals surface area contributed by atoms with E-state index < -0.39 is 0 Å². The van der Waals surface area contributed by atoms with Crippen molar-refractivity contribution in [3.8, 4) is 0 Å². The maximum atomic E-state index is 4.45. The Morgan fingerprint density at radius 3 is 2.59 bits per heavy atom. The molecule has 0 saturated carbocycles. The van der Waals surface area contributed by atoms with Gasteiger partial charge in [-0.05, 0) is 26.3 Å². The lowest BCUT2D eigenvalue weighted by molar-refractivity contribution is 0.647. The molecule has 1 aromatic heterocycles. The van der Waals surface area contributed by atoms with Crippen LogP contribution in [0.3, 0.4) is 0 Å². The van der Waals surface area contributed by atoms with Gasteiger partial charge in [-0.3, -0.25) is 4.98 Å². The fourth-order valence-corrected chi connectivity index (χ4v) is 1.51. The molecule has 0 amide bonds. The van der Waals surface area contributed by atoms with E-state index in [2.05, 4.69) is 48.0 Å². The van der Waals surface area contributed by atoms with Crippen molar-refractivity contribution in [1.29, 1.82) is 0 Å². The number of hydrogen-bond donors (Lipinski definition) is 1. The second-order valence-corrected chi connectivity index (χ2v) is 4.41. The molecule has 1 rings (SSSR count). The molecule has 0 aliphatic rings. The van der Waals surface area contributed by atoms with Crippen molar-refractivity contribution in [2.24, 2.45) is 0 Å². The van der Waals surface area contributed by atoms with Crippen molar-refractivity contribution in [1.82, 2.24) is 15.3 Å². The van der Waals surface area contributed by atoms with Gasteiger partial charge < -0.3 is 10.2 Å². The Bertz CT molecular complexity index is 310. The largest absolute Gasteiger partial charge is 0.356 e. The van der Waals surface area contributed by atoms with Gasteiger partial charge in [0.05, 0.1) is 18.1 Å². The van der Waals surface area contributed by atoms with Crippen molar-refractivity contribution in [2.45, 2.75) is 46.2 Å². The van der Waals surface area contributed by atoms with Crippen LogP contribution in [0.1, 0.15) is 39.3 Å². The summed E-state index contributed by atoms with van der Waals surface area (Å²) in [5, 5.41) is 3.32. The van der Waals surface area contributed by atoms with Gasteiger partial charge in [0.25, 0.3) is 0 Å². The van der Waals surface area contributed by atoms with Gasteiger partial charge in [-0.2, -0.15) is 0 Å². The van der Waals surface area contributed by atoms with E-state index in [0.29, 0.717) is 6.04 Å². The third-order valence-electron chi connectivity index (χ3n) is 3.04. The third kappa shape index (κ3) is 4.30. The molecular weight excluding hydrogens is 212 g/mol. The number of hydrogen-bond acceptors (Lipinski definition) is 4. The summed E-state index contributed by atoms with van der Waals surface area (Å²) in [5.41, 5.74) is 1.000. The summed E-state index contributed by atoms with van der Waals surface area (Å²) in [4.78, 5) is 11.0. The van der Waals surface area contributed by atoms with Crippen LogP contribution in [0.5, 0.6) is 0 Å². The first-order valence-electron chi connectivity index (χ1n) is 6.43. The van der Waals surface area contributed by atoms with E-state index >= 15 is 0 Å². The van der Waals surface area contributed by atoms with Gasteiger partial charge >= 0.3 is 0 Å². The molecule has 1 N–H and O–H groups in total. The highest BCUT2D eigenvalue weighted by atomic mass is 15.2. The summed E-state index contributed by atoms with van der Waals surface area (Å²) < 4.78 is 0. The van der Waals surface area contributed by atoms with Gasteiger partial charge in [0.2, 0.25) is 0 Å². The van der Waals surface area contributed by atoms with E-state index in [1.165, 1.54) is 0 Å². The Labute approximate surface area is 104 Å². The molecule has 0 aliphatic carbocycles. The molecule has 0 fully saturated rings. The predicted molar refractivity (Wildman–Crippen MR) is 72.2 cm³/mol. The molecular formula is C13H24N4. The summed E-state index contributed by atoms with van der Waals surface area (Å²) in [5.74, 6) is 0.943. The molecule has 0 aromatic carbocycles. The topological polar surface area (TPSA) is 41.1 Å². The Morgan fingerprint density at radius 2 is 2.06 bits per heavy atom. The highest BCUT2D eigenvalue weighted by Crippen LogP contribution is 2.11. The van der Waals surface area contributed by atoms with Gasteiger partial charge in [0, 0.05) is 19.6 Å². The highest BCUT2D eigenvalue weighted by molar-refractivity contribution is 5.35. The Balaban J connectivity index is 2.55. The summed E-state index contributed by atoms with van der Waals surface area (Å²) in [7, 11) is 2.06. The molecule has 0 spiro atoms. The number of aromatic nitrogens is 2. The minimum absolute atomic E-state index is 0.494. The van der Waals surface area contributed by atoms with Crippen molar-refractivity contribution in [2.75, 3.05) is 18.5 Å². The zero-order valence-corrected chi connectivity index (χ0v) is 11.4. The van der Waals surface area contributed by atoms with Crippen molar-refractivity contribution < 1.29 is 0 Å². The standard InChI is InChI=1S/C13H24N4/c1-5-7-14-8-12-9-16-13(10-15-12)17(4)11(3)6-2/h9-11,14H,5-8H2,1-4H3. The first-order valence-corrected chi connectivity index (χ1v) is 6.43. The third-order valence-corrected chi connectivity index (χ3v) is 3.04. The molecule has 0 radical (unpaired) electrons. The second-order valence-electron chi connectivity index (χ2n) is 4.41. The maximum Gasteiger partial charge on any atom is 0.147 e. The molecule has 0 saturated heterocycles. The normalized spacial score (nSPS) is 12.5. The molecule has 4 heteroatoms. The SMILES string of the molecule is CCCNCc1cnc(N(C)C(C)CC)cn1. The number of anilines is 1. The van der Waals surface area contributed by atoms with Crippen LogP contribution in [-0.4, -0.2) is 29.6 Å². The van der Waals surface area contributed by atoms with Crippen LogP contribution in [-0.2, 0) is 6.54 Å². The fraction of sp³-hybridized carbons (Fsp3) is 0.692. The van der Waals surface area contributed by atoms with Gasteiger partial charge in [-0.15, -0.1) is 0 Å². The number of rotatable bonds is 7. The molecule has 0 aliphatic heterocycles. The summed E-state index contributed by atoms with van der Waals surface area (Å²) in [6.07, 6.45) is 5.96. The van der Waals surface area contributed by atoms with Crippen LogP contribution >= 0.6 is 0 Å². The fourth-order valence-electron chi connectivity index (χ4n) is 1.51.